The van der Waals surface area contributed by atoms with Gasteiger partial charge in [0.05, 0.1) is 33.1 Å². The largest absolute Gasteiger partial charge is 0.417 e. The fourth-order valence-corrected chi connectivity index (χ4v) is 5.84. The number of alkyl halides is 3. The van der Waals surface area contributed by atoms with E-state index in [1.165, 1.54) is 36.5 Å². The van der Waals surface area contributed by atoms with Gasteiger partial charge in [-0.3, -0.25) is 9.10 Å². The summed E-state index contributed by atoms with van der Waals surface area (Å²) in [6, 6.07) is 17.4. The summed E-state index contributed by atoms with van der Waals surface area (Å²) in [4.78, 5) is 12.6. The third-order valence-corrected chi connectivity index (χ3v) is 8.24. The zero-order valence-corrected chi connectivity index (χ0v) is 23.2. The Morgan fingerprint density at radius 1 is 1.02 bits per heavy atom. The summed E-state index contributed by atoms with van der Waals surface area (Å²) in [7, 11) is -4.47. The molecule has 0 bridgehead atoms. The molecule has 0 aliphatic carbocycles. The molecule has 0 radical (unpaired) electrons. The summed E-state index contributed by atoms with van der Waals surface area (Å²) in [5, 5.41) is 3.27. The molecule has 4 aromatic rings. The number of carbonyl (C=O) groups excluding carboxylic acids is 1. The van der Waals surface area contributed by atoms with Crippen LogP contribution in [0.3, 0.4) is 0 Å². The summed E-state index contributed by atoms with van der Waals surface area (Å²) in [5.74, 6) is -1.35. The fourth-order valence-electron chi connectivity index (χ4n) is 4.18. The van der Waals surface area contributed by atoms with Crippen LogP contribution in [-0.2, 0) is 21.0 Å². The number of halogens is 5. The molecule has 0 saturated heterocycles. The van der Waals surface area contributed by atoms with E-state index in [4.69, 9.17) is 11.6 Å². The Kier molecular flexibility index (Phi) is 8.55. The van der Waals surface area contributed by atoms with E-state index in [2.05, 4.69) is 10.5 Å². The molecule has 214 valence electrons. The van der Waals surface area contributed by atoms with E-state index in [9.17, 15) is 30.8 Å². The first-order chi connectivity index (χ1) is 19.3. The molecule has 4 rings (SSSR count). The van der Waals surface area contributed by atoms with Crippen molar-refractivity contribution < 1.29 is 30.8 Å². The predicted octanol–water partition coefficient (Wildman–Crippen LogP) is 6.25. The van der Waals surface area contributed by atoms with E-state index >= 15 is 0 Å². The Balaban J connectivity index is 1.62. The summed E-state index contributed by atoms with van der Waals surface area (Å²) >= 11 is 5.71. The molecule has 13 heteroatoms. The summed E-state index contributed by atoms with van der Waals surface area (Å²) in [6.07, 6.45) is -3.56. The molecule has 0 atom stereocenters. The third kappa shape index (κ3) is 6.44. The molecule has 1 heterocycles. The van der Waals surface area contributed by atoms with Crippen molar-refractivity contribution in [3.8, 4) is 5.69 Å². The van der Waals surface area contributed by atoms with E-state index in [0.29, 0.717) is 33.0 Å². The number of hydrogen-bond donors (Lipinski definition) is 1. The first-order valence-corrected chi connectivity index (χ1v) is 13.8. The van der Waals surface area contributed by atoms with Crippen LogP contribution in [0.2, 0.25) is 5.02 Å². The van der Waals surface area contributed by atoms with Gasteiger partial charge in [-0.15, -0.1) is 0 Å². The number of nitrogens with zero attached hydrogens (tertiary/aromatic N) is 3. The summed E-state index contributed by atoms with van der Waals surface area (Å²) in [6.45, 7) is 2.61. The lowest BCUT2D eigenvalue weighted by Gasteiger charge is -2.24. The minimum atomic E-state index is -4.86. The van der Waals surface area contributed by atoms with E-state index in [1.54, 1.807) is 48.7 Å². The molecule has 0 saturated carbocycles. The van der Waals surface area contributed by atoms with Gasteiger partial charge in [-0.1, -0.05) is 41.9 Å². The Labute approximate surface area is 238 Å². The highest BCUT2D eigenvalue weighted by Gasteiger charge is 2.35. The Morgan fingerprint density at radius 2 is 1.68 bits per heavy atom. The minimum Gasteiger partial charge on any atom is -0.315 e. The number of sulfonamides is 1. The second kappa shape index (κ2) is 11.8. The third-order valence-electron chi connectivity index (χ3n) is 6.12. The number of hydrogen-bond acceptors (Lipinski definition) is 4. The van der Waals surface area contributed by atoms with Crippen LogP contribution in [0, 0.1) is 19.7 Å². The minimum absolute atomic E-state index is 0.236. The number of carbonyl (C=O) groups is 1. The van der Waals surface area contributed by atoms with Crippen molar-refractivity contribution in [2.45, 2.75) is 24.9 Å². The molecule has 0 aliphatic heterocycles. The van der Waals surface area contributed by atoms with E-state index in [-0.39, 0.29) is 4.90 Å². The van der Waals surface area contributed by atoms with E-state index in [1.807, 2.05) is 0 Å². The molecular weight excluding hydrogens is 584 g/mol. The second-order valence-corrected chi connectivity index (χ2v) is 11.2. The van der Waals surface area contributed by atoms with Crippen molar-refractivity contribution >= 4 is 39.4 Å². The van der Waals surface area contributed by atoms with Crippen molar-refractivity contribution in [1.82, 2.24) is 9.99 Å². The van der Waals surface area contributed by atoms with Gasteiger partial charge < -0.3 is 4.57 Å². The van der Waals surface area contributed by atoms with Gasteiger partial charge in [-0.25, -0.2) is 18.2 Å². The molecule has 0 unspecified atom stereocenters. The number of anilines is 1. The number of amides is 1. The number of aromatic nitrogens is 1. The fraction of sp³-hybridized carbons (Fsp3) is 0.143. The van der Waals surface area contributed by atoms with E-state index < -0.39 is 50.7 Å². The van der Waals surface area contributed by atoms with E-state index in [0.717, 1.165) is 12.1 Å². The number of para-hydroxylation sites is 1. The number of nitrogens with one attached hydrogen (secondary N) is 1. The zero-order chi connectivity index (χ0) is 29.9. The van der Waals surface area contributed by atoms with Gasteiger partial charge in [0.1, 0.15) is 12.4 Å². The maximum atomic E-state index is 14.4. The Morgan fingerprint density at radius 3 is 2.34 bits per heavy atom. The average molecular weight is 607 g/mol. The van der Waals surface area contributed by atoms with Gasteiger partial charge in [-0.2, -0.15) is 18.3 Å². The number of hydrazone groups is 1. The summed E-state index contributed by atoms with van der Waals surface area (Å²) in [5.41, 5.74) is 2.74. The molecule has 1 aromatic heterocycles. The Bertz CT molecular complexity index is 1720. The maximum Gasteiger partial charge on any atom is 0.417 e. The van der Waals surface area contributed by atoms with Crippen LogP contribution >= 0.6 is 11.6 Å². The smallest absolute Gasteiger partial charge is 0.315 e. The standard InChI is InChI=1S/C28H23ClF4N4O3S/c1-18-14-20(19(2)37(18)26-11-7-6-10-25(26)30)16-34-35-27(38)17-36(41(39,40)22-8-4-3-5-9-22)21-12-13-24(29)23(15-21)28(31,32)33/h3-16H,17H2,1-2H3,(H,35,38)/b34-16-. The lowest BCUT2D eigenvalue weighted by molar-refractivity contribution is -0.137. The number of benzene rings is 3. The molecular formula is C28H23ClF4N4O3S. The van der Waals surface area contributed by atoms with Crippen LogP contribution in [0.15, 0.2) is 88.9 Å². The van der Waals surface area contributed by atoms with Crippen LogP contribution in [-0.4, -0.2) is 31.7 Å². The van der Waals surface area contributed by atoms with Gasteiger partial charge in [0.25, 0.3) is 15.9 Å². The van der Waals surface area contributed by atoms with Crippen LogP contribution in [0.4, 0.5) is 23.2 Å². The van der Waals surface area contributed by atoms with Crippen molar-refractivity contribution in [2.75, 3.05) is 10.8 Å². The summed E-state index contributed by atoms with van der Waals surface area (Å²) < 4.78 is 84.0. The first-order valence-electron chi connectivity index (χ1n) is 12.0. The van der Waals surface area contributed by atoms with Crippen LogP contribution < -0.4 is 9.73 Å². The van der Waals surface area contributed by atoms with Crippen LogP contribution in [0.1, 0.15) is 22.5 Å². The monoisotopic (exact) mass is 606 g/mol. The highest BCUT2D eigenvalue weighted by Crippen LogP contribution is 2.38. The van der Waals surface area contributed by atoms with Crippen molar-refractivity contribution in [1.29, 1.82) is 0 Å². The van der Waals surface area contributed by atoms with Crippen molar-refractivity contribution in [2.24, 2.45) is 5.10 Å². The van der Waals surface area contributed by atoms with Gasteiger partial charge in [0.2, 0.25) is 0 Å². The molecule has 0 aliphatic rings. The molecule has 0 fully saturated rings. The molecule has 0 spiro atoms. The Hall–Kier alpha value is -4.16. The topological polar surface area (TPSA) is 83.8 Å². The zero-order valence-electron chi connectivity index (χ0n) is 21.7. The molecule has 7 nitrogen and oxygen atoms in total. The highest BCUT2D eigenvalue weighted by atomic mass is 35.5. The van der Waals surface area contributed by atoms with Gasteiger partial charge in [0, 0.05) is 17.0 Å². The lowest BCUT2D eigenvalue weighted by atomic mass is 10.2. The number of aryl methyl sites for hydroxylation is 1. The number of rotatable bonds is 8. The molecule has 3 aromatic carbocycles. The maximum absolute atomic E-state index is 14.4. The van der Waals surface area contributed by atoms with Gasteiger partial charge in [-0.05, 0) is 62.4 Å². The average Bonchev–Trinajstić information content (AvgIpc) is 3.20. The van der Waals surface area contributed by atoms with Gasteiger partial charge in [0.15, 0.2) is 0 Å². The SMILES string of the molecule is Cc1cc(/C=N\NC(=O)CN(c2ccc(Cl)c(C(F)(F)F)c2)S(=O)(=O)c2ccccc2)c(C)n1-c1ccccc1F. The predicted molar refractivity (Wildman–Crippen MR) is 148 cm³/mol. The van der Waals surface area contributed by atoms with Crippen LogP contribution in [0.5, 0.6) is 0 Å². The first kappa shape index (κ1) is 29.8. The normalized spacial score (nSPS) is 12.1. The molecule has 1 N–H and O–H groups in total. The van der Waals surface area contributed by atoms with Crippen LogP contribution in [0.25, 0.3) is 5.69 Å². The van der Waals surface area contributed by atoms with Crippen molar-refractivity contribution in [3.63, 3.8) is 0 Å². The lowest BCUT2D eigenvalue weighted by Crippen LogP contribution is -2.39. The second-order valence-electron chi connectivity index (χ2n) is 8.89. The quantitative estimate of drug-likeness (QED) is 0.146. The molecule has 41 heavy (non-hydrogen) atoms. The van der Waals surface area contributed by atoms with Gasteiger partial charge >= 0.3 is 6.18 Å². The molecule has 1 amide bonds. The highest BCUT2D eigenvalue weighted by molar-refractivity contribution is 7.92. The van der Waals surface area contributed by atoms with Crippen molar-refractivity contribution in [3.05, 3.63) is 112 Å².